The van der Waals surface area contributed by atoms with Crippen LogP contribution in [0, 0.1) is 12.7 Å². The number of hydrogen-bond donors (Lipinski definition) is 2. The summed E-state index contributed by atoms with van der Waals surface area (Å²) in [7, 11) is 0. The first-order chi connectivity index (χ1) is 18.5. The van der Waals surface area contributed by atoms with Gasteiger partial charge in [-0.05, 0) is 52.5 Å². The minimum atomic E-state index is -3.52. The Labute approximate surface area is 223 Å². The van der Waals surface area contributed by atoms with Gasteiger partial charge in [-0.3, -0.25) is 4.79 Å². The molecule has 1 amide bonds. The number of alkyl halides is 3. The van der Waals surface area contributed by atoms with Crippen molar-refractivity contribution >= 4 is 11.7 Å². The molecule has 0 bridgehead atoms. The lowest BCUT2D eigenvalue weighted by Crippen LogP contribution is -2.37. The van der Waals surface area contributed by atoms with Crippen LogP contribution in [-0.4, -0.2) is 47.3 Å². The van der Waals surface area contributed by atoms with Gasteiger partial charge in [0.1, 0.15) is 23.6 Å². The summed E-state index contributed by atoms with van der Waals surface area (Å²) >= 11 is 0. The molecule has 39 heavy (non-hydrogen) atoms. The number of anilines is 1. The molecule has 2 N–H and O–H groups in total. The smallest absolute Gasteiger partial charge is 0.301 e. The third-order valence-corrected chi connectivity index (χ3v) is 7.38. The van der Waals surface area contributed by atoms with Crippen LogP contribution in [0.25, 0.3) is 0 Å². The molecule has 3 fully saturated rings. The Hall–Kier alpha value is -2.83. The molecule has 3 atom stereocenters. The van der Waals surface area contributed by atoms with Crippen LogP contribution in [0.1, 0.15) is 86.2 Å². The zero-order chi connectivity index (χ0) is 27.9. The van der Waals surface area contributed by atoms with Gasteiger partial charge in [-0.15, -0.1) is 0 Å². The fraction of sp³-hybridized carbons (Fsp3) is 0.593. The minimum absolute atomic E-state index is 0.0432. The van der Waals surface area contributed by atoms with Crippen LogP contribution >= 0.6 is 0 Å². The maximum absolute atomic E-state index is 15.6. The minimum Gasteiger partial charge on any atom is -0.372 e. The largest absolute Gasteiger partial charge is 0.372 e. The van der Waals surface area contributed by atoms with Crippen molar-refractivity contribution in [1.82, 2.24) is 15.3 Å². The van der Waals surface area contributed by atoms with Crippen molar-refractivity contribution < 1.29 is 36.6 Å². The molecule has 0 radical (unpaired) electrons. The molecular formula is C27H32F4N4O4. The number of nitrogens with zero attached hydrogens (tertiary/aromatic N) is 2. The van der Waals surface area contributed by atoms with E-state index < -0.39 is 53.4 Å². The lowest BCUT2D eigenvalue weighted by atomic mass is 9.96. The van der Waals surface area contributed by atoms with Gasteiger partial charge in [0.25, 0.3) is 5.91 Å². The first-order valence-corrected chi connectivity index (χ1v) is 13.1. The molecule has 212 valence electrons. The number of aryl methyl sites for hydroxylation is 1. The van der Waals surface area contributed by atoms with Crippen LogP contribution in [0.5, 0.6) is 0 Å². The van der Waals surface area contributed by atoms with E-state index >= 15 is 17.6 Å². The van der Waals surface area contributed by atoms with Crippen LogP contribution in [0.4, 0.5) is 23.4 Å². The lowest BCUT2D eigenvalue weighted by Gasteiger charge is -2.26. The molecule has 3 aliphatic rings. The average molecular weight is 553 g/mol. The predicted octanol–water partition coefficient (Wildman–Crippen LogP) is 5.09. The number of carbonyl (C=O) groups excluding carboxylic acids is 1. The van der Waals surface area contributed by atoms with E-state index in [4.69, 9.17) is 14.2 Å². The molecule has 1 aromatic heterocycles. The summed E-state index contributed by atoms with van der Waals surface area (Å²) in [5, 5.41) is 5.70. The average Bonchev–Trinajstić information content (AvgIpc) is 3.30. The number of hydrogen-bond acceptors (Lipinski definition) is 7. The molecule has 1 aromatic carbocycles. The molecule has 12 heteroatoms. The molecule has 1 aliphatic carbocycles. The van der Waals surface area contributed by atoms with Gasteiger partial charge in [-0.25, -0.2) is 18.7 Å². The molecule has 3 heterocycles. The number of amides is 1. The van der Waals surface area contributed by atoms with Gasteiger partial charge in [0, 0.05) is 17.7 Å². The highest BCUT2D eigenvalue weighted by molar-refractivity contribution is 5.83. The molecule has 0 spiro atoms. The van der Waals surface area contributed by atoms with E-state index in [-0.39, 0.29) is 54.7 Å². The van der Waals surface area contributed by atoms with Crippen LogP contribution in [0.3, 0.4) is 0 Å². The second-order valence-corrected chi connectivity index (χ2v) is 10.6. The van der Waals surface area contributed by atoms with Crippen molar-refractivity contribution in [3.63, 3.8) is 0 Å². The molecule has 1 saturated carbocycles. The summed E-state index contributed by atoms with van der Waals surface area (Å²) in [6.07, 6.45) is -2.50. The number of aromatic nitrogens is 2. The van der Waals surface area contributed by atoms with Gasteiger partial charge in [-0.2, -0.15) is 8.78 Å². The van der Waals surface area contributed by atoms with E-state index in [0.29, 0.717) is 6.42 Å². The van der Waals surface area contributed by atoms with Gasteiger partial charge in [0.2, 0.25) is 6.17 Å². The van der Waals surface area contributed by atoms with Gasteiger partial charge in [-0.1, -0.05) is 12.1 Å². The molecule has 5 rings (SSSR count). The summed E-state index contributed by atoms with van der Waals surface area (Å²) in [5.41, 5.74) is -1.41. The van der Waals surface area contributed by atoms with E-state index in [0.717, 1.165) is 18.9 Å². The lowest BCUT2D eigenvalue weighted by molar-refractivity contribution is -0.127. The topological polar surface area (TPSA) is 94.6 Å². The van der Waals surface area contributed by atoms with Crippen LogP contribution in [0.15, 0.2) is 18.2 Å². The first kappa shape index (κ1) is 27.7. The second kappa shape index (κ2) is 10.6. The second-order valence-electron chi connectivity index (χ2n) is 10.6. The van der Waals surface area contributed by atoms with Crippen molar-refractivity contribution in [2.24, 2.45) is 0 Å². The van der Waals surface area contributed by atoms with Crippen LogP contribution in [0.2, 0.25) is 0 Å². The zero-order valence-corrected chi connectivity index (χ0v) is 22.0. The first-order valence-electron chi connectivity index (χ1n) is 13.1. The van der Waals surface area contributed by atoms with Crippen LogP contribution < -0.4 is 10.6 Å². The molecular weight excluding hydrogens is 520 g/mol. The van der Waals surface area contributed by atoms with Gasteiger partial charge in [0.15, 0.2) is 6.29 Å². The standard InChI is InChI=1S/C27H32F4N4O4/c1-14(16-6-4-7-17(20(16)28)27(30,31)18-8-5-11-37-18)32-23-19(25-38-12-13-39-25)22(33-15(2)34-23)21(29)24(36)35-26(3)9-10-26/h4,6-7,14,18,21,25H,5,8-13H2,1-3H3,(H,35,36)(H,32,33,34)/t14?,18-,21?/m0/s1. The maximum atomic E-state index is 15.6. The van der Waals surface area contributed by atoms with E-state index in [1.165, 1.54) is 19.1 Å². The van der Waals surface area contributed by atoms with Crippen molar-refractivity contribution in [1.29, 1.82) is 0 Å². The fourth-order valence-electron chi connectivity index (χ4n) is 4.92. The van der Waals surface area contributed by atoms with Gasteiger partial charge >= 0.3 is 5.92 Å². The van der Waals surface area contributed by atoms with Crippen molar-refractivity contribution in [3.8, 4) is 0 Å². The maximum Gasteiger partial charge on any atom is 0.301 e. The van der Waals surface area contributed by atoms with E-state index in [1.807, 2.05) is 6.92 Å². The fourth-order valence-corrected chi connectivity index (χ4v) is 4.92. The summed E-state index contributed by atoms with van der Waals surface area (Å²) < 4.78 is 77.8. The highest BCUT2D eigenvalue weighted by Crippen LogP contribution is 2.42. The molecule has 2 aromatic rings. The Morgan fingerprint density at radius 1 is 1.15 bits per heavy atom. The zero-order valence-electron chi connectivity index (χ0n) is 22.0. The predicted molar refractivity (Wildman–Crippen MR) is 132 cm³/mol. The van der Waals surface area contributed by atoms with E-state index in [1.54, 1.807) is 6.92 Å². The summed E-state index contributed by atoms with van der Waals surface area (Å²) in [4.78, 5) is 21.3. The van der Waals surface area contributed by atoms with E-state index in [2.05, 4.69) is 20.6 Å². The van der Waals surface area contributed by atoms with Crippen molar-refractivity contribution in [2.75, 3.05) is 25.1 Å². The molecule has 2 aliphatic heterocycles. The normalized spacial score (nSPS) is 22.5. The van der Waals surface area contributed by atoms with Crippen molar-refractivity contribution in [3.05, 3.63) is 52.2 Å². The Kier molecular flexibility index (Phi) is 7.55. The quantitative estimate of drug-likeness (QED) is 0.419. The Balaban J connectivity index is 1.48. The van der Waals surface area contributed by atoms with Gasteiger partial charge < -0.3 is 24.8 Å². The highest BCUT2D eigenvalue weighted by Gasteiger charge is 2.46. The Morgan fingerprint density at radius 2 is 1.87 bits per heavy atom. The summed E-state index contributed by atoms with van der Waals surface area (Å²) in [6.45, 7) is 5.57. The number of carbonyl (C=O) groups is 1. The third kappa shape index (κ3) is 5.59. The molecule has 2 saturated heterocycles. The molecule has 8 nitrogen and oxygen atoms in total. The highest BCUT2D eigenvalue weighted by atomic mass is 19.3. The number of benzene rings is 1. The number of nitrogens with one attached hydrogen (secondary N) is 2. The number of rotatable bonds is 9. The van der Waals surface area contributed by atoms with E-state index in [9.17, 15) is 4.79 Å². The summed E-state index contributed by atoms with van der Waals surface area (Å²) in [6, 6.07) is 2.92. The SMILES string of the molecule is Cc1nc(NC(C)c2cccc(C(F)(F)[C@@H]3CCCO3)c2F)c(C2OCCO2)c(C(F)C(=O)NC2(C)CC2)n1. The molecule has 2 unspecified atom stereocenters. The Bertz CT molecular complexity index is 1230. The monoisotopic (exact) mass is 552 g/mol. The number of ether oxygens (including phenoxy) is 3. The van der Waals surface area contributed by atoms with Gasteiger partial charge in [0.05, 0.1) is 36.1 Å². The number of halogens is 4. The van der Waals surface area contributed by atoms with Crippen LogP contribution in [-0.2, 0) is 24.9 Å². The summed E-state index contributed by atoms with van der Waals surface area (Å²) in [5.74, 6) is -5.23. The Morgan fingerprint density at radius 3 is 2.51 bits per heavy atom. The third-order valence-electron chi connectivity index (χ3n) is 7.38. The van der Waals surface area contributed by atoms with Crippen molar-refractivity contribution in [2.45, 2.75) is 82.5 Å².